The number of rotatable bonds is 2. The van der Waals surface area contributed by atoms with Crippen molar-refractivity contribution in [1.82, 2.24) is 0 Å². The van der Waals surface area contributed by atoms with Crippen LogP contribution < -0.4 is 5.32 Å². The fourth-order valence-corrected chi connectivity index (χ4v) is 4.65. The molecule has 0 unspecified atom stereocenters. The van der Waals surface area contributed by atoms with E-state index in [2.05, 4.69) is 39.5 Å². The molecule has 3 nitrogen and oxygen atoms in total. The maximum absolute atomic E-state index is 11.7. The van der Waals surface area contributed by atoms with Gasteiger partial charge in [-0.05, 0) is 41.7 Å². The molecule has 122 valence electrons. The van der Waals surface area contributed by atoms with E-state index in [-0.39, 0.29) is 17.9 Å². The van der Waals surface area contributed by atoms with Crippen LogP contribution in [0.15, 0.2) is 53.0 Å². The normalized spacial score (nSPS) is 24.2. The van der Waals surface area contributed by atoms with E-state index in [9.17, 15) is 9.90 Å². The number of anilines is 1. The van der Waals surface area contributed by atoms with Crippen molar-refractivity contribution < 1.29 is 9.90 Å². The van der Waals surface area contributed by atoms with Gasteiger partial charge in [-0.1, -0.05) is 57.9 Å². The summed E-state index contributed by atoms with van der Waals surface area (Å²) in [6, 6.07) is 11.5. The van der Waals surface area contributed by atoms with Crippen molar-refractivity contribution in [2.24, 2.45) is 5.92 Å². The number of benzene rings is 2. The lowest BCUT2D eigenvalue weighted by atomic mass is 9.75. The van der Waals surface area contributed by atoms with E-state index in [1.165, 1.54) is 5.56 Å². The van der Waals surface area contributed by atoms with E-state index in [1.54, 1.807) is 12.1 Å². The zero-order valence-electron chi connectivity index (χ0n) is 12.7. The first-order valence-electron chi connectivity index (χ1n) is 7.81. The van der Waals surface area contributed by atoms with Crippen LogP contribution in [0.2, 0.25) is 5.02 Å². The second kappa shape index (κ2) is 5.94. The van der Waals surface area contributed by atoms with Crippen molar-refractivity contribution >= 4 is 39.2 Å². The first-order chi connectivity index (χ1) is 11.6. The third-order valence-electron chi connectivity index (χ3n) is 4.94. The molecule has 0 saturated carbocycles. The molecule has 0 radical (unpaired) electrons. The lowest BCUT2D eigenvalue weighted by Gasteiger charge is -2.39. The van der Waals surface area contributed by atoms with E-state index in [0.717, 1.165) is 22.1 Å². The molecule has 2 aromatic rings. The van der Waals surface area contributed by atoms with Crippen LogP contribution in [0.25, 0.3) is 0 Å². The summed E-state index contributed by atoms with van der Waals surface area (Å²) in [7, 11) is 0. The lowest BCUT2D eigenvalue weighted by Crippen LogP contribution is -2.30. The molecule has 4 rings (SSSR count). The van der Waals surface area contributed by atoms with Crippen LogP contribution in [-0.4, -0.2) is 11.1 Å². The number of aromatic carboxylic acids is 1. The Labute approximate surface area is 153 Å². The van der Waals surface area contributed by atoms with Gasteiger partial charge in [0.15, 0.2) is 0 Å². The molecule has 0 spiro atoms. The van der Waals surface area contributed by atoms with Gasteiger partial charge in [0.1, 0.15) is 0 Å². The van der Waals surface area contributed by atoms with Crippen molar-refractivity contribution in [2.45, 2.75) is 18.4 Å². The summed E-state index contributed by atoms with van der Waals surface area (Å²) in [5.74, 6) is -0.584. The highest BCUT2D eigenvalue weighted by Crippen LogP contribution is 2.53. The van der Waals surface area contributed by atoms with Gasteiger partial charge in [-0.15, -0.1) is 0 Å². The number of nitrogens with one attached hydrogen (secondary N) is 1. The minimum absolute atomic E-state index is 0.0585. The van der Waals surface area contributed by atoms with E-state index in [4.69, 9.17) is 11.6 Å². The number of allylic oxidation sites excluding steroid dienone is 2. The van der Waals surface area contributed by atoms with E-state index in [0.29, 0.717) is 10.6 Å². The average Bonchev–Trinajstić information content (AvgIpc) is 3.05. The van der Waals surface area contributed by atoms with Crippen LogP contribution in [0.5, 0.6) is 0 Å². The largest absolute Gasteiger partial charge is 0.478 e. The Kier molecular flexibility index (Phi) is 3.89. The molecule has 0 aromatic heterocycles. The highest BCUT2D eigenvalue weighted by molar-refractivity contribution is 9.10. The van der Waals surface area contributed by atoms with Crippen molar-refractivity contribution in [3.8, 4) is 0 Å². The van der Waals surface area contributed by atoms with Gasteiger partial charge in [0.25, 0.3) is 0 Å². The predicted molar refractivity (Wildman–Crippen MR) is 98.9 cm³/mol. The zero-order chi connectivity index (χ0) is 16.8. The van der Waals surface area contributed by atoms with Gasteiger partial charge in [-0.25, -0.2) is 4.79 Å². The van der Waals surface area contributed by atoms with Crippen LogP contribution in [0, 0.1) is 5.92 Å². The number of carboxylic acid groups (broad SMARTS) is 1. The zero-order valence-corrected chi connectivity index (χ0v) is 15.0. The summed E-state index contributed by atoms with van der Waals surface area (Å²) in [5, 5.41) is 13.7. The molecule has 24 heavy (non-hydrogen) atoms. The van der Waals surface area contributed by atoms with Crippen LogP contribution in [0.1, 0.15) is 39.9 Å². The summed E-state index contributed by atoms with van der Waals surface area (Å²) in [6.45, 7) is 0. The number of hydrogen-bond donors (Lipinski definition) is 2. The Morgan fingerprint density at radius 2 is 2.04 bits per heavy atom. The van der Waals surface area contributed by atoms with E-state index in [1.807, 2.05) is 18.2 Å². The van der Waals surface area contributed by atoms with Gasteiger partial charge >= 0.3 is 5.97 Å². The first kappa shape index (κ1) is 15.7. The maximum Gasteiger partial charge on any atom is 0.336 e. The number of fused-ring (bicyclic) bond motifs is 3. The minimum atomic E-state index is -0.914. The van der Waals surface area contributed by atoms with Gasteiger partial charge in [0.2, 0.25) is 0 Å². The molecule has 2 aromatic carbocycles. The Balaban J connectivity index is 1.90. The number of hydrogen-bond acceptors (Lipinski definition) is 2. The molecule has 2 N–H and O–H groups in total. The topological polar surface area (TPSA) is 49.3 Å². The molecule has 1 aliphatic carbocycles. The Morgan fingerprint density at radius 3 is 2.79 bits per heavy atom. The molecule has 0 saturated heterocycles. The molecule has 1 heterocycles. The van der Waals surface area contributed by atoms with Crippen molar-refractivity contribution in [2.75, 3.05) is 5.32 Å². The second-order valence-corrected chi connectivity index (χ2v) is 7.45. The summed E-state index contributed by atoms with van der Waals surface area (Å²) in [6.07, 6.45) is 5.17. The highest BCUT2D eigenvalue weighted by Gasteiger charge is 2.41. The Hall–Kier alpha value is -1.78. The third kappa shape index (κ3) is 2.36. The molecule has 3 atom stereocenters. The number of halogens is 2. The molecular weight excluding hydrogens is 390 g/mol. The molecule has 0 amide bonds. The molecule has 2 aliphatic rings. The summed E-state index contributed by atoms with van der Waals surface area (Å²) >= 11 is 10.0. The summed E-state index contributed by atoms with van der Waals surface area (Å²) < 4.78 is 1.04. The SMILES string of the molecule is O=C(O)c1ccc(Cl)c2c1[C@H]1C=CC[C@H]1[C@H](c1ccccc1Br)N2. The van der Waals surface area contributed by atoms with Gasteiger partial charge in [-0.3, -0.25) is 0 Å². The fourth-order valence-electron chi connectivity index (χ4n) is 3.90. The smallest absolute Gasteiger partial charge is 0.336 e. The van der Waals surface area contributed by atoms with E-state index >= 15 is 0 Å². The van der Waals surface area contributed by atoms with Crippen molar-refractivity contribution in [3.05, 3.63) is 74.7 Å². The maximum atomic E-state index is 11.7. The second-order valence-electron chi connectivity index (χ2n) is 6.19. The fraction of sp³-hybridized carbons (Fsp3) is 0.211. The van der Waals surface area contributed by atoms with Gasteiger partial charge in [0.05, 0.1) is 22.3 Å². The molecule has 5 heteroatoms. The average molecular weight is 405 g/mol. The quantitative estimate of drug-likeness (QED) is 0.638. The lowest BCUT2D eigenvalue weighted by molar-refractivity contribution is 0.0695. The van der Waals surface area contributed by atoms with Crippen LogP contribution in [-0.2, 0) is 0 Å². The van der Waals surface area contributed by atoms with Crippen LogP contribution in [0.3, 0.4) is 0 Å². The third-order valence-corrected chi connectivity index (χ3v) is 5.98. The molecule has 0 fully saturated rings. The summed E-state index contributed by atoms with van der Waals surface area (Å²) in [5.41, 5.74) is 3.04. The van der Waals surface area contributed by atoms with Gasteiger partial charge < -0.3 is 10.4 Å². The summed E-state index contributed by atoms with van der Waals surface area (Å²) in [4.78, 5) is 11.7. The van der Waals surface area contributed by atoms with Crippen LogP contribution >= 0.6 is 27.5 Å². The van der Waals surface area contributed by atoms with Gasteiger partial charge in [0, 0.05) is 10.4 Å². The standard InChI is InChI=1S/C19H15BrClNO2/c20-14-7-2-1-4-12(14)17-11-6-3-5-10(11)16-13(19(23)24)8-9-15(21)18(16)22-17/h1-5,7-11,17,22H,6H2,(H,23,24)/t10-,11+,17+/m0/s1. The van der Waals surface area contributed by atoms with Crippen molar-refractivity contribution in [1.29, 1.82) is 0 Å². The molecule has 1 aliphatic heterocycles. The minimum Gasteiger partial charge on any atom is -0.478 e. The number of carboxylic acids is 1. The van der Waals surface area contributed by atoms with Crippen molar-refractivity contribution in [3.63, 3.8) is 0 Å². The molecule has 0 bridgehead atoms. The Morgan fingerprint density at radius 1 is 1.25 bits per heavy atom. The predicted octanol–water partition coefficient (Wildman–Crippen LogP) is 5.63. The molecular formula is C19H15BrClNO2. The van der Waals surface area contributed by atoms with E-state index < -0.39 is 5.97 Å². The highest BCUT2D eigenvalue weighted by atomic mass is 79.9. The van der Waals surface area contributed by atoms with Crippen LogP contribution in [0.4, 0.5) is 5.69 Å². The first-order valence-corrected chi connectivity index (χ1v) is 8.98. The number of carbonyl (C=O) groups is 1. The monoisotopic (exact) mass is 403 g/mol. The Bertz CT molecular complexity index is 864. The van der Waals surface area contributed by atoms with Gasteiger partial charge in [-0.2, -0.15) is 0 Å².